The maximum Gasteiger partial charge on any atom is 0.417 e. The van der Waals surface area contributed by atoms with E-state index in [1.54, 1.807) is 11.0 Å². The highest BCUT2D eigenvalue weighted by Gasteiger charge is 2.33. The Labute approximate surface area is 136 Å². The largest absolute Gasteiger partial charge is 0.417 e. The first-order valence-corrected chi connectivity index (χ1v) is 7.65. The summed E-state index contributed by atoms with van der Waals surface area (Å²) in [6.45, 7) is 1.30. The number of hydrogen-bond donors (Lipinski definition) is 0. The fraction of sp³-hybridized carbons (Fsp3) is 0.500. The van der Waals surface area contributed by atoms with Crippen molar-refractivity contribution in [3.63, 3.8) is 0 Å². The number of aromatic nitrogens is 4. The van der Waals surface area contributed by atoms with Crippen molar-refractivity contribution in [2.75, 3.05) is 11.4 Å². The van der Waals surface area contributed by atoms with Gasteiger partial charge in [-0.25, -0.2) is 9.97 Å². The number of piperidine rings is 1. The van der Waals surface area contributed by atoms with E-state index in [1.807, 2.05) is 4.90 Å². The van der Waals surface area contributed by atoms with Crippen LogP contribution in [0.2, 0.25) is 5.02 Å². The standard InChI is InChI=1S/C14H15ClF3N5/c15-12-5-10(14(16,17)18)6-20-13(12)23-4-2-1-3-11(23)7-22-9-19-8-21-22/h5-6,8-9,11H,1-4,7H2/t11-/m0/s1. The van der Waals surface area contributed by atoms with E-state index in [0.29, 0.717) is 18.9 Å². The summed E-state index contributed by atoms with van der Waals surface area (Å²) in [7, 11) is 0. The molecule has 0 unspecified atom stereocenters. The molecule has 0 spiro atoms. The fourth-order valence-corrected chi connectivity index (χ4v) is 3.08. The Morgan fingerprint density at radius 2 is 2.13 bits per heavy atom. The Hall–Kier alpha value is -1.83. The fourth-order valence-electron chi connectivity index (χ4n) is 2.81. The highest BCUT2D eigenvalue weighted by Crippen LogP contribution is 2.35. The SMILES string of the molecule is FC(F)(F)c1cnc(N2CCCC[C@H]2Cn2cncn2)c(Cl)c1. The summed E-state index contributed by atoms with van der Waals surface area (Å²) in [5.74, 6) is 0.393. The van der Waals surface area contributed by atoms with E-state index in [-0.39, 0.29) is 11.1 Å². The van der Waals surface area contributed by atoms with Gasteiger partial charge in [-0.05, 0) is 25.3 Å². The van der Waals surface area contributed by atoms with Gasteiger partial charge in [0.2, 0.25) is 0 Å². The predicted octanol–water partition coefficient (Wildman–Crippen LogP) is 3.40. The molecule has 1 fully saturated rings. The maximum atomic E-state index is 12.7. The molecule has 0 saturated carbocycles. The van der Waals surface area contributed by atoms with Crippen molar-refractivity contribution < 1.29 is 13.2 Å². The van der Waals surface area contributed by atoms with Crippen molar-refractivity contribution in [3.05, 3.63) is 35.5 Å². The summed E-state index contributed by atoms with van der Waals surface area (Å²) in [4.78, 5) is 9.85. The molecule has 0 amide bonds. The summed E-state index contributed by atoms with van der Waals surface area (Å²) >= 11 is 6.08. The molecule has 1 atom stereocenters. The number of alkyl halides is 3. The van der Waals surface area contributed by atoms with Gasteiger partial charge in [0, 0.05) is 12.7 Å². The first-order chi connectivity index (χ1) is 10.9. The Kier molecular flexibility index (Phi) is 4.43. The van der Waals surface area contributed by atoms with E-state index in [9.17, 15) is 13.2 Å². The molecule has 5 nitrogen and oxygen atoms in total. The highest BCUT2D eigenvalue weighted by molar-refractivity contribution is 6.33. The molecule has 0 radical (unpaired) electrons. The molecule has 3 heterocycles. The second-order valence-corrected chi connectivity index (χ2v) is 5.89. The first kappa shape index (κ1) is 16.0. The van der Waals surface area contributed by atoms with E-state index in [4.69, 9.17) is 11.6 Å². The van der Waals surface area contributed by atoms with Gasteiger partial charge in [-0.1, -0.05) is 11.6 Å². The molecule has 9 heteroatoms. The van der Waals surface area contributed by atoms with Crippen molar-refractivity contribution in [1.29, 1.82) is 0 Å². The third-order valence-electron chi connectivity index (χ3n) is 3.91. The lowest BCUT2D eigenvalue weighted by molar-refractivity contribution is -0.137. The van der Waals surface area contributed by atoms with Gasteiger partial charge in [-0.2, -0.15) is 18.3 Å². The number of rotatable bonds is 3. The Morgan fingerprint density at radius 3 is 2.78 bits per heavy atom. The molecular formula is C14H15ClF3N5. The van der Waals surface area contributed by atoms with Crippen LogP contribution in [0.15, 0.2) is 24.9 Å². The first-order valence-electron chi connectivity index (χ1n) is 7.27. The van der Waals surface area contributed by atoms with Crippen molar-refractivity contribution >= 4 is 17.4 Å². The van der Waals surface area contributed by atoms with Gasteiger partial charge in [0.1, 0.15) is 18.5 Å². The molecule has 1 saturated heterocycles. The molecule has 1 aliphatic rings. The Bertz CT molecular complexity index is 659. The third kappa shape index (κ3) is 3.57. The van der Waals surface area contributed by atoms with Gasteiger partial charge >= 0.3 is 6.18 Å². The van der Waals surface area contributed by atoms with Crippen LogP contribution in [0.5, 0.6) is 0 Å². The minimum Gasteiger partial charge on any atom is -0.351 e. The second kappa shape index (κ2) is 6.35. The molecule has 0 N–H and O–H groups in total. The molecule has 124 valence electrons. The van der Waals surface area contributed by atoms with Gasteiger partial charge < -0.3 is 4.90 Å². The number of hydrogen-bond acceptors (Lipinski definition) is 4. The highest BCUT2D eigenvalue weighted by atomic mass is 35.5. The zero-order chi connectivity index (χ0) is 16.4. The van der Waals surface area contributed by atoms with E-state index < -0.39 is 11.7 Å². The van der Waals surface area contributed by atoms with Crippen LogP contribution in [-0.2, 0) is 12.7 Å². The van der Waals surface area contributed by atoms with Crippen LogP contribution in [-0.4, -0.2) is 32.3 Å². The quantitative estimate of drug-likeness (QED) is 0.855. The number of halogens is 4. The third-order valence-corrected chi connectivity index (χ3v) is 4.19. The zero-order valence-electron chi connectivity index (χ0n) is 12.2. The van der Waals surface area contributed by atoms with Crippen LogP contribution in [0.1, 0.15) is 24.8 Å². The van der Waals surface area contributed by atoms with E-state index in [0.717, 1.165) is 31.5 Å². The van der Waals surface area contributed by atoms with Crippen LogP contribution in [0.3, 0.4) is 0 Å². The lowest BCUT2D eigenvalue weighted by Gasteiger charge is -2.37. The van der Waals surface area contributed by atoms with E-state index >= 15 is 0 Å². The average Bonchev–Trinajstić information content (AvgIpc) is 3.00. The molecular weight excluding hydrogens is 331 g/mol. The predicted molar refractivity (Wildman–Crippen MR) is 79.3 cm³/mol. The van der Waals surface area contributed by atoms with Crippen LogP contribution < -0.4 is 4.90 Å². The Morgan fingerprint density at radius 1 is 1.30 bits per heavy atom. The van der Waals surface area contributed by atoms with Gasteiger partial charge in [-0.15, -0.1) is 0 Å². The minimum absolute atomic E-state index is 0.0188. The molecule has 23 heavy (non-hydrogen) atoms. The summed E-state index contributed by atoms with van der Waals surface area (Å²) in [5, 5.41) is 4.10. The van der Waals surface area contributed by atoms with Crippen molar-refractivity contribution in [2.45, 2.75) is 38.0 Å². The van der Waals surface area contributed by atoms with Crippen LogP contribution in [0.4, 0.5) is 19.0 Å². The topological polar surface area (TPSA) is 46.8 Å². The molecule has 0 aromatic carbocycles. The Balaban J connectivity index is 1.85. The normalized spacial score (nSPS) is 19.1. The molecule has 3 rings (SSSR count). The van der Waals surface area contributed by atoms with Crippen molar-refractivity contribution in [2.24, 2.45) is 0 Å². The van der Waals surface area contributed by atoms with Crippen molar-refractivity contribution in [3.8, 4) is 0 Å². The molecule has 1 aliphatic heterocycles. The lowest BCUT2D eigenvalue weighted by Crippen LogP contribution is -2.43. The van der Waals surface area contributed by atoms with Gasteiger partial charge in [0.15, 0.2) is 0 Å². The maximum absolute atomic E-state index is 12.7. The van der Waals surface area contributed by atoms with Gasteiger partial charge in [0.25, 0.3) is 0 Å². The zero-order valence-corrected chi connectivity index (χ0v) is 12.9. The summed E-state index contributed by atoms with van der Waals surface area (Å²) in [6.07, 6.45) is 2.37. The van der Waals surface area contributed by atoms with Gasteiger partial charge in [0.05, 0.1) is 23.2 Å². The van der Waals surface area contributed by atoms with Crippen molar-refractivity contribution in [1.82, 2.24) is 19.7 Å². The van der Waals surface area contributed by atoms with Crippen LogP contribution >= 0.6 is 11.6 Å². The number of nitrogens with zero attached hydrogens (tertiary/aromatic N) is 5. The summed E-state index contributed by atoms with van der Waals surface area (Å²) in [6, 6.07) is 1.01. The van der Waals surface area contributed by atoms with Crippen LogP contribution in [0.25, 0.3) is 0 Å². The van der Waals surface area contributed by atoms with Crippen LogP contribution in [0, 0.1) is 0 Å². The lowest BCUT2D eigenvalue weighted by atomic mass is 10.0. The van der Waals surface area contributed by atoms with Gasteiger partial charge in [-0.3, -0.25) is 4.68 Å². The number of anilines is 1. The average molecular weight is 346 g/mol. The summed E-state index contributed by atoms with van der Waals surface area (Å²) in [5.41, 5.74) is -0.837. The monoisotopic (exact) mass is 345 g/mol. The molecule has 2 aromatic heterocycles. The minimum atomic E-state index is -4.45. The van der Waals surface area contributed by atoms with E-state index in [1.165, 1.54) is 6.33 Å². The molecule has 2 aromatic rings. The smallest absolute Gasteiger partial charge is 0.351 e. The number of pyridine rings is 1. The molecule has 0 bridgehead atoms. The van der Waals surface area contributed by atoms with E-state index in [2.05, 4.69) is 15.1 Å². The summed E-state index contributed by atoms with van der Waals surface area (Å²) < 4.78 is 39.9. The second-order valence-electron chi connectivity index (χ2n) is 5.49. The molecule has 0 aliphatic carbocycles.